The Hall–Kier alpha value is -2.74. The van der Waals surface area contributed by atoms with E-state index in [1.807, 2.05) is 24.6 Å². The quantitative estimate of drug-likeness (QED) is 0.779. The maximum absolute atomic E-state index is 11.6. The van der Waals surface area contributed by atoms with E-state index < -0.39 is 0 Å². The Morgan fingerprint density at radius 3 is 3.00 bits per heavy atom. The van der Waals surface area contributed by atoms with Crippen LogP contribution < -0.4 is 10.1 Å². The maximum atomic E-state index is 11.6. The molecule has 1 fully saturated rings. The van der Waals surface area contributed by atoms with Crippen molar-refractivity contribution in [2.75, 3.05) is 6.54 Å². The summed E-state index contributed by atoms with van der Waals surface area (Å²) in [5.74, 6) is 0.820. The van der Waals surface area contributed by atoms with E-state index in [4.69, 9.17) is 14.7 Å². The highest BCUT2D eigenvalue weighted by atomic mass is 28.2. The van der Waals surface area contributed by atoms with Gasteiger partial charge in [-0.15, -0.1) is 0 Å². The van der Waals surface area contributed by atoms with E-state index in [0.29, 0.717) is 24.9 Å². The number of pyridine rings is 1. The van der Waals surface area contributed by atoms with Crippen LogP contribution in [0.3, 0.4) is 0 Å². The van der Waals surface area contributed by atoms with Gasteiger partial charge in [-0.2, -0.15) is 0 Å². The van der Waals surface area contributed by atoms with E-state index in [1.165, 1.54) is 16.1 Å². The third-order valence-electron chi connectivity index (χ3n) is 6.14. The van der Waals surface area contributed by atoms with Gasteiger partial charge >= 0.3 is 0 Å². The number of carbonyl (C=O) groups excluding carboxylic acids is 1. The first kappa shape index (κ1) is 18.3. The first-order chi connectivity index (χ1) is 14.0. The second-order valence-corrected chi connectivity index (χ2v) is 10.5. The SMILES string of the molecule is CC1=NC2CC(c3cc4ncn(C)c4c(OC(C)C4CNC(=O)C4)n3)=CC=C2[SiH2]1. The molecular formula is C21H25N5O2Si. The number of nitrogens with one attached hydrogen (secondary N) is 1. The van der Waals surface area contributed by atoms with Crippen molar-refractivity contribution in [3.63, 3.8) is 0 Å². The lowest BCUT2D eigenvalue weighted by atomic mass is 9.97. The number of carbonyl (C=O) groups is 1. The fourth-order valence-corrected chi connectivity index (χ4v) is 6.05. The fraction of sp³-hybridized carbons (Fsp3) is 0.429. The fourth-order valence-electron chi connectivity index (χ4n) is 4.45. The van der Waals surface area contributed by atoms with Crippen molar-refractivity contribution in [3.8, 4) is 5.88 Å². The zero-order valence-corrected chi connectivity index (χ0v) is 18.4. The summed E-state index contributed by atoms with van der Waals surface area (Å²) < 4.78 is 8.25. The molecule has 2 aromatic heterocycles. The summed E-state index contributed by atoms with van der Waals surface area (Å²) in [6.07, 6.45) is 7.50. The van der Waals surface area contributed by atoms with Crippen LogP contribution in [0.4, 0.5) is 0 Å². The molecule has 7 nitrogen and oxygen atoms in total. The molecule has 2 aliphatic heterocycles. The van der Waals surface area contributed by atoms with E-state index >= 15 is 0 Å². The van der Waals surface area contributed by atoms with Crippen LogP contribution in [-0.4, -0.2) is 54.0 Å². The van der Waals surface area contributed by atoms with Gasteiger partial charge in [-0.25, -0.2) is 9.97 Å². The molecule has 3 atom stereocenters. The monoisotopic (exact) mass is 407 g/mol. The molecule has 5 rings (SSSR count). The molecule has 0 spiro atoms. The van der Waals surface area contributed by atoms with Crippen molar-refractivity contribution in [3.05, 3.63) is 35.4 Å². The van der Waals surface area contributed by atoms with Crippen molar-refractivity contribution in [2.45, 2.75) is 38.8 Å². The Labute approximate surface area is 171 Å². The van der Waals surface area contributed by atoms with E-state index in [-0.39, 0.29) is 27.4 Å². The average Bonchev–Trinajstić information content (AvgIpc) is 3.39. The molecule has 8 heteroatoms. The lowest BCUT2D eigenvalue weighted by Crippen LogP contribution is -2.26. The second-order valence-electron chi connectivity index (χ2n) is 8.32. The number of nitrogens with zero attached hydrogens (tertiary/aromatic N) is 4. The molecule has 3 aliphatic rings. The van der Waals surface area contributed by atoms with Gasteiger partial charge in [0, 0.05) is 32.4 Å². The summed E-state index contributed by atoms with van der Waals surface area (Å²) in [6.45, 7) is 4.81. The number of aromatic nitrogens is 3. The van der Waals surface area contributed by atoms with Gasteiger partial charge in [-0.3, -0.25) is 9.79 Å². The van der Waals surface area contributed by atoms with Gasteiger partial charge in [0.25, 0.3) is 0 Å². The van der Waals surface area contributed by atoms with E-state index in [0.717, 1.165) is 23.1 Å². The number of aryl methyl sites for hydroxylation is 1. The number of allylic oxidation sites excluding steroid dienone is 2. The normalized spacial score (nSPS) is 25.5. The Morgan fingerprint density at radius 2 is 2.21 bits per heavy atom. The number of fused-ring (bicyclic) bond motifs is 2. The zero-order valence-electron chi connectivity index (χ0n) is 17.0. The lowest BCUT2D eigenvalue weighted by molar-refractivity contribution is -0.119. The molecule has 150 valence electrons. The molecule has 29 heavy (non-hydrogen) atoms. The zero-order chi connectivity index (χ0) is 20.1. The van der Waals surface area contributed by atoms with Gasteiger partial charge in [-0.05, 0) is 30.8 Å². The molecule has 1 saturated heterocycles. The first-order valence-electron chi connectivity index (χ1n) is 10.2. The van der Waals surface area contributed by atoms with Gasteiger partial charge < -0.3 is 14.6 Å². The number of hydrogen-bond acceptors (Lipinski definition) is 5. The lowest BCUT2D eigenvalue weighted by Gasteiger charge is -2.21. The van der Waals surface area contributed by atoms with E-state index in [2.05, 4.69) is 29.4 Å². The van der Waals surface area contributed by atoms with E-state index in [1.54, 1.807) is 6.33 Å². The molecule has 1 amide bonds. The first-order valence-corrected chi connectivity index (χ1v) is 11.6. The number of imidazole rings is 1. The number of rotatable bonds is 4. The Balaban J connectivity index is 1.49. The van der Waals surface area contributed by atoms with Crippen molar-refractivity contribution in [1.29, 1.82) is 0 Å². The van der Waals surface area contributed by atoms with Crippen molar-refractivity contribution in [2.24, 2.45) is 18.0 Å². The van der Waals surface area contributed by atoms with Crippen LogP contribution in [0.1, 0.15) is 32.4 Å². The van der Waals surface area contributed by atoms with Crippen LogP contribution in [0.15, 0.2) is 34.7 Å². The van der Waals surface area contributed by atoms with E-state index in [9.17, 15) is 4.79 Å². The molecule has 0 saturated carbocycles. The minimum Gasteiger partial charge on any atom is -0.473 e. The van der Waals surface area contributed by atoms with Crippen molar-refractivity contribution in [1.82, 2.24) is 19.9 Å². The van der Waals surface area contributed by atoms with Gasteiger partial charge in [0.1, 0.15) is 21.1 Å². The predicted molar refractivity (Wildman–Crippen MR) is 116 cm³/mol. The minimum absolute atomic E-state index is 0.0868. The van der Waals surface area contributed by atoms with Crippen LogP contribution >= 0.6 is 0 Å². The smallest absolute Gasteiger partial charge is 0.241 e. The third-order valence-corrected chi connectivity index (χ3v) is 7.95. The van der Waals surface area contributed by atoms with Crippen LogP contribution in [0.2, 0.25) is 0 Å². The molecule has 2 aromatic rings. The molecule has 1 N–H and O–H groups in total. The molecule has 3 unspecified atom stereocenters. The summed E-state index contributed by atoms with van der Waals surface area (Å²) in [5.41, 5.74) is 3.83. The summed E-state index contributed by atoms with van der Waals surface area (Å²) in [4.78, 5) is 25.9. The average molecular weight is 408 g/mol. The highest BCUT2D eigenvalue weighted by Gasteiger charge is 2.30. The summed E-state index contributed by atoms with van der Waals surface area (Å²) >= 11 is 0. The molecular weight excluding hydrogens is 382 g/mol. The molecule has 4 heterocycles. The number of ether oxygens (including phenoxy) is 1. The van der Waals surface area contributed by atoms with Gasteiger partial charge in [-0.1, -0.05) is 17.3 Å². The summed E-state index contributed by atoms with van der Waals surface area (Å²) in [6, 6.07) is 2.34. The van der Waals surface area contributed by atoms with Crippen LogP contribution in [-0.2, 0) is 11.8 Å². The maximum Gasteiger partial charge on any atom is 0.241 e. The third kappa shape index (κ3) is 3.31. The van der Waals surface area contributed by atoms with Crippen LogP contribution in [0, 0.1) is 5.92 Å². The van der Waals surface area contributed by atoms with Crippen LogP contribution in [0.25, 0.3) is 16.6 Å². The van der Waals surface area contributed by atoms with Crippen LogP contribution in [0.5, 0.6) is 5.88 Å². The number of aliphatic imine (C=N–C) groups is 1. The van der Waals surface area contributed by atoms with Gasteiger partial charge in [0.2, 0.25) is 11.8 Å². The molecule has 0 radical (unpaired) electrons. The Morgan fingerprint density at radius 1 is 1.34 bits per heavy atom. The predicted octanol–water partition coefficient (Wildman–Crippen LogP) is 1.51. The van der Waals surface area contributed by atoms with Crippen molar-refractivity contribution >= 4 is 37.4 Å². The largest absolute Gasteiger partial charge is 0.473 e. The second kappa shape index (κ2) is 6.95. The molecule has 0 aromatic carbocycles. The van der Waals surface area contributed by atoms with Gasteiger partial charge in [0.15, 0.2) is 0 Å². The Kier molecular flexibility index (Phi) is 4.38. The summed E-state index contributed by atoms with van der Waals surface area (Å²) in [7, 11) is 1.63. The molecule has 0 bridgehead atoms. The summed E-state index contributed by atoms with van der Waals surface area (Å²) in [5, 5.41) is 5.74. The highest BCUT2D eigenvalue weighted by Crippen LogP contribution is 2.34. The number of amides is 1. The standard InChI is InChI=1S/C21H25N5O2Si/c1-11(14-7-19(27)22-9-14)28-21-20-17(23-10-26(20)3)8-15(25-21)13-4-5-18-16(6-13)24-12(2)29-18/h4-5,8,10-11,14,16H,6-7,9,29H2,1-3H3,(H,22,27). The van der Waals surface area contributed by atoms with Crippen molar-refractivity contribution < 1.29 is 9.53 Å². The topological polar surface area (TPSA) is 81.4 Å². The minimum atomic E-state index is -0.322. The number of hydrogen-bond donors (Lipinski definition) is 1. The van der Waals surface area contributed by atoms with Gasteiger partial charge in [0.05, 0.1) is 23.6 Å². The highest BCUT2D eigenvalue weighted by molar-refractivity contribution is 6.82. The Bertz CT molecular complexity index is 1100. The molecule has 1 aliphatic carbocycles.